The first-order valence-corrected chi connectivity index (χ1v) is 7.63. The van der Waals surface area contributed by atoms with Gasteiger partial charge in [0.2, 0.25) is 0 Å². The zero-order chi connectivity index (χ0) is 14.9. The summed E-state index contributed by atoms with van der Waals surface area (Å²) in [5.74, 6) is 0. The van der Waals surface area contributed by atoms with Crippen LogP contribution < -0.4 is 5.73 Å². The van der Waals surface area contributed by atoms with Crippen molar-refractivity contribution < 1.29 is 0 Å². The highest BCUT2D eigenvalue weighted by atomic mass is 32.1. The first-order chi connectivity index (χ1) is 9.40. The highest BCUT2D eigenvalue weighted by molar-refractivity contribution is 7.16. The lowest BCUT2D eigenvalue weighted by atomic mass is 9.83. The lowest BCUT2D eigenvalue weighted by Crippen LogP contribution is -2.12. The molecule has 0 aliphatic carbocycles. The minimum Gasteiger partial charge on any atom is -0.397 e. The van der Waals surface area contributed by atoms with Gasteiger partial charge >= 0.3 is 0 Å². The molecule has 104 valence electrons. The molecule has 0 saturated carbocycles. The van der Waals surface area contributed by atoms with Crippen LogP contribution in [0.3, 0.4) is 0 Å². The molecule has 2 nitrogen and oxygen atoms in total. The van der Waals surface area contributed by atoms with Gasteiger partial charge in [0.25, 0.3) is 0 Å². The van der Waals surface area contributed by atoms with Crippen LogP contribution >= 0.6 is 11.3 Å². The minimum absolute atomic E-state index is 0.0627. The van der Waals surface area contributed by atoms with Gasteiger partial charge in [-0.05, 0) is 28.5 Å². The zero-order valence-electron chi connectivity index (χ0n) is 12.4. The summed E-state index contributed by atoms with van der Waals surface area (Å²) in [6, 6.07) is 10.6. The second-order valence-corrected chi connectivity index (χ2v) is 6.93. The van der Waals surface area contributed by atoms with Crippen molar-refractivity contribution >= 4 is 17.0 Å². The SMILES string of the molecule is CCc1c(-c2ccccc2C(C)(C)C)sc(C#N)c1N. The number of nitrogen functional groups attached to an aromatic ring is 1. The second-order valence-electron chi connectivity index (χ2n) is 5.91. The number of nitrogens with zero attached hydrogens (tertiary/aromatic N) is 1. The molecule has 1 aromatic carbocycles. The third-order valence-corrected chi connectivity index (χ3v) is 4.67. The molecule has 0 atom stereocenters. The molecule has 0 unspecified atom stereocenters. The smallest absolute Gasteiger partial charge is 0.128 e. The molecule has 0 amide bonds. The van der Waals surface area contributed by atoms with Crippen LogP contribution in [0, 0.1) is 11.3 Å². The minimum atomic E-state index is 0.0627. The third kappa shape index (κ3) is 2.44. The molecular weight excluding hydrogens is 264 g/mol. The van der Waals surface area contributed by atoms with E-state index in [-0.39, 0.29) is 5.41 Å². The normalized spacial score (nSPS) is 11.3. The summed E-state index contributed by atoms with van der Waals surface area (Å²) < 4.78 is 0. The summed E-state index contributed by atoms with van der Waals surface area (Å²) in [5, 5.41) is 9.21. The molecule has 0 aliphatic heterocycles. The molecule has 20 heavy (non-hydrogen) atoms. The van der Waals surface area contributed by atoms with Crippen molar-refractivity contribution in [2.75, 3.05) is 5.73 Å². The van der Waals surface area contributed by atoms with Crippen LogP contribution in [-0.4, -0.2) is 0 Å². The maximum atomic E-state index is 9.21. The summed E-state index contributed by atoms with van der Waals surface area (Å²) in [6.07, 6.45) is 0.845. The summed E-state index contributed by atoms with van der Waals surface area (Å²) in [5.41, 5.74) is 10.4. The van der Waals surface area contributed by atoms with Crippen molar-refractivity contribution in [3.05, 3.63) is 40.3 Å². The average Bonchev–Trinajstić information content (AvgIpc) is 2.74. The van der Waals surface area contributed by atoms with Crippen LogP contribution in [0.15, 0.2) is 24.3 Å². The standard InChI is InChI=1S/C17H20N2S/c1-5-11-15(19)14(10-18)20-16(11)12-8-6-7-9-13(12)17(2,3)4/h6-9H,5,19H2,1-4H3. The molecule has 1 heterocycles. The molecule has 2 rings (SSSR count). The van der Waals surface area contributed by atoms with Gasteiger partial charge in [-0.3, -0.25) is 0 Å². The molecule has 0 spiro atoms. The topological polar surface area (TPSA) is 49.8 Å². The number of nitrogens with two attached hydrogens (primary N) is 1. The maximum Gasteiger partial charge on any atom is 0.128 e. The van der Waals surface area contributed by atoms with Crippen LogP contribution in [0.2, 0.25) is 0 Å². The number of hydrogen-bond acceptors (Lipinski definition) is 3. The van der Waals surface area contributed by atoms with Crippen LogP contribution in [-0.2, 0) is 11.8 Å². The summed E-state index contributed by atoms with van der Waals surface area (Å²) in [4.78, 5) is 1.77. The molecule has 1 aromatic heterocycles. The van der Waals surface area contributed by atoms with Gasteiger partial charge in [-0.1, -0.05) is 52.0 Å². The van der Waals surface area contributed by atoms with E-state index in [2.05, 4.69) is 52.0 Å². The van der Waals surface area contributed by atoms with Crippen molar-refractivity contribution in [3.63, 3.8) is 0 Å². The van der Waals surface area contributed by atoms with E-state index in [1.54, 1.807) is 0 Å². The highest BCUT2D eigenvalue weighted by Crippen LogP contribution is 2.42. The van der Waals surface area contributed by atoms with Crippen LogP contribution in [0.5, 0.6) is 0 Å². The number of rotatable bonds is 2. The third-order valence-electron chi connectivity index (χ3n) is 3.48. The molecule has 2 aromatic rings. The Morgan fingerprint density at radius 2 is 1.90 bits per heavy atom. The summed E-state index contributed by atoms with van der Waals surface area (Å²) in [6.45, 7) is 8.71. The lowest BCUT2D eigenvalue weighted by molar-refractivity contribution is 0.592. The molecule has 2 N–H and O–H groups in total. The number of thiophene rings is 1. The summed E-state index contributed by atoms with van der Waals surface area (Å²) >= 11 is 1.51. The Labute approximate surface area is 124 Å². The van der Waals surface area contributed by atoms with E-state index in [1.165, 1.54) is 22.5 Å². The van der Waals surface area contributed by atoms with Gasteiger partial charge in [-0.25, -0.2) is 0 Å². The van der Waals surface area contributed by atoms with Crippen molar-refractivity contribution in [2.24, 2.45) is 0 Å². The van der Waals surface area contributed by atoms with Crippen LogP contribution in [0.4, 0.5) is 5.69 Å². The Morgan fingerprint density at radius 1 is 1.25 bits per heavy atom. The van der Waals surface area contributed by atoms with Crippen molar-refractivity contribution in [2.45, 2.75) is 39.5 Å². The van der Waals surface area contributed by atoms with Gasteiger partial charge in [0.1, 0.15) is 10.9 Å². The van der Waals surface area contributed by atoms with Gasteiger partial charge in [-0.15, -0.1) is 11.3 Å². The molecule has 0 radical (unpaired) electrons. The quantitative estimate of drug-likeness (QED) is 0.866. The Bertz CT molecular complexity index is 669. The van der Waals surface area contributed by atoms with E-state index in [0.29, 0.717) is 10.6 Å². The maximum absolute atomic E-state index is 9.21. The van der Waals surface area contributed by atoms with E-state index < -0.39 is 0 Å². The van der Waals surface area contributed by atoms with Crippen molar-refractivity contribution in [1.82, 2.24) is 0 Å². The fourth-order valence-corrected chi connectivity index (χ4v) is 3.61. The predicted octanol–water partition coefficient (Wildman–Crippen LogP) is 4.73. The van der Waals surface area contributed by atoms with E-state index in [1.807, 2.05) is 6.07 Å². The van der Waals surface area contributed by atoms with Crippen molar-refractivity contribution in [1.29, 1.82) is 5.26 Å². The fraction of sp³-hybridized carbons (Fsp3) is 0.353. The van der Waals surface area contributed by atoms with Crippen LogP contribution in [0.25, 0.3) is 10.4 Å². The molecule has 0 aliphatic rings. The first kappa shape index (κ1) is 14.6. The Kier molecular flexibility index (Phi) is 3.87. The van der Waals surface area contributed by atoms with Gasteiger partial charge in [-0.2, -0.15) is 5.26 Å². The van der Waals surface area contributed by atoms with E-state index in [4.69, 9.17) is 5.73 Å². The van der Waals surface area contributed by atoms with Crippen molar-refractivity contribution in [3.8, 4) is 16.5 Å². The number of nitriles is 1. The van der Waals surface area contributed by atoms with Gasteiger partial charge < -0.3 is 5.73 Å². The second kappa shape index (κ2) is 5.30. The number of hydrogen-bond donors (Lipinski definition) is 1. The lowest BCUT2D eigenvalue weighted by Gasteiger charge is -2.23. The zero-order valence-corrected chi connectivity index (χ0v) is 13.3. The average molecular weight is 284 g/mol. The van der Waals surface area contributed by atoms with E-state index in [0.717, 1.165) is 16.9 Å². The van der Waals surface area contributed by atoms with Gasteiger partial charge in [0.05, 0.1) is 5.69 Å². The Balaban J connectivity index is 2.73. The van der Waals surface area contributed by atoms with E-state index in [9.17, 15) is 5.26 Å². The van der Waals surface area contributed by atoms with Crippen LogP contribution in [0.1, 0.15) is 43.7 Å². The Morgan fingerprint density at radius 3 is 2.45 bits per heavy atom. The molecule has 0 bridgehead atoms. The molecule has 0 fully saturated rings. The van der Waals surface area contributed by atoms with Gasteiger partial charge in [0.15, 0.2) is 0 Å². The fourth-order valence-electron chi connectivity index (χ4n) is 2.46. The van der Waals surface area contributed by atoms with E-state index >= 15 is 0 Å². The largest absolute Gasteiger partial charge is 0.397 e. The number of anilines is 1. The molecular formula is C17H20N2S. The summed E-state index contributed by atoms with van der Waals surface area (Å²) in [7, 11) is 0. The van der Waals surface area contributed by atoms with Gasteiger partial charge in [0, 0.05) is 4.88 Å². The predicted molar refractivity (Wildman–Crippen MR) is 87.0 cm³/mol. The number of benzene rings is 1. The molecule has 3 heteroatoms. The molecule has 0 saturated heterocycles. The first-order valence-electron chi connectivity index (χ1n) is 6.81. The monoisotopic (exact) mass is 284 g/mol. The Hall–Kier alpha value is -1.79. The highest BCUT2D eigenvalue weighted by Gasteiger charge is 2.22.